The van der Waals surface area contributed by atoms with Crippen LogP contribution < -0.4 is 0 Å². The zero-order chi connectivity index (χ0) is 32.1. The number of hydrogen-bond donors (Lipinski definition) is 3. The first-order chi connectivity index (χ1) is 19.2. The molecule has 4 unspecified atom stereocenters. The standard InChI is InChI=1S/C19H36O20S3/c1-19(9-20)18(39-42(29,30)31)11(4-32-2)15(21)13(37-19)7-34-5-10-12(8-35-40(23,24)25)36-14(6-33-3)17(16(10)22)38-41(26,27)28/h10-18,20-22H,4-9H2,1-3H3,(H,23,24,25)(H,26,27,28)(H,29,30,31)/p-3/t10-,11-,12?,13-,14+,15?,16+,17?,18+,19?/m0/s1. The first kappa shape index (κ1) is 37.5. The van der Waals surface area contributed by atoms with E-state index in [1.807, 2.05) is 0 Å². The van der Waals surface area contributed by atoms with Crippen LogP contribution in [0, 0.1) is 11.8 Å². The van der Waals surface area contributed by atoms with E-state index in [9.17, 15) is 54.2 Å². The zero-order valence-corrected chi connectivity index (χ0v) is 24.9. The quantitative estimate of drug-likeness (QED) is 0.102. The van der Waals surface area contributed by atoms with Gasteiger partial charge in [-0.2, -0.15) is 0 Å². The van der Waals surface area contributed by atoms with Crippen molar-refractivity contribution in [3.63, 3.8) is 0 Å². The lowest BCUT2D eigenvalue weighted by Gasteiger charge is -2.49. The van der Waals surface area contributed by atoms with Crippen LogP contribution in [0.3, 0.4) is 0 Å². The van der Waals surface area contributed by atoms with E-state index in [2.05, 4.69) is 12.5 Å². The van der Waals surface area contributed by atoms with Crippen LogP contribution in [0.15, 0.2) is 0 Å². The Hall–Kier alpha value is -0.710. The highest BCUT2D eigenvalue weighted by atomic mass is 32.3. The van der Waals surface area contributed by atoms with Crippen molar-refractivity contribution in [3.05, 3.63) is 0 Å². The third kappa shape index (κ3) is 10.7. The minimum absolute atomic E-state index is 0.362. The fraction of sp³-hybridized carbons (Fsp3) is 1.00. The molecule has 2 saturated heterocycles. The highest BCUT2D eigenvalue weighted by Crippen LogP contribution is 2.37. The third-order valence-electron chi connectivity index (χ3n) is 6.62. The maximum atomic E-state index is 11.3. The Balaban J connectivity index is 2.28. The minimum Gasteiger partial charge on any atom is -0.726 e. The van der Waals surface area contributed by atoms with Crippen molar-refractivity contribution in [1.82, 2.24) is 0 Å². The van der Waals surface area contributed by atoms with E-state index < -0.39 is 124 Å². The number of aliphatic hydroxyl groups is 3. The summed E-state index contributed by atoms with van der Waals surface area (Å²) < 4.78 is 141. The number of hydrogen-bond acceptors (Lipinski definition) is 20. The molecule has 0 aliphatic carbocycles. The van der Waals surface area contributed by atoms with E-state index in [4.69, 9.17) is 23.7 Å². The highest BCUT2D eigenvalue weighted by molar-refractivity contribution is 7.81. The molecule has 0 bridgehead atoms. The summed E-state index contributed by atoms with van der Waals surface area (Å²) in [4.78, 5) is 0. The third-order valence-corrected chi connectivity index (χ3v) is 7.95. The summed E-state index contributed by atoms with van der Waals surface area (Å²) in [7, 11) is -13.6. The first-order valence-corrected chi connectivity index (χ1v) is 16.0. The van der Waals surface area contributed by atoms with Crippen molar-refractivity contribution >= 4 is 31.2 Å². The van der Waals surface area contributed by atoms with Crippen LogP contribution in [0.5, 0.6) is 0 Å². The van der Waals surface area contributed by atoms with Crippen LogP contribution in [0.25, 0.3) is 0 Å². The van der Waals surface area contributed by atoms with Gasteiger partial charge in [0.2, 0.25) is 31.2 Å². The molecule has 0 spiro atoms. The number of ether oxygens (including phenoxy) is 5. The Morgan fingerprint density at radius 1 is 0.738 bits per heavy atom. The number of methoxy groups -OCH3 is 2. The van der Waals surface area contributed by atoms with Crippen molar-refractivity contribution in [2.24, 2.45) is 11.8 Å². The highest BCUT2D eigenvalue weighted by Gasteiger charge is 2.54. The van der Waals surface area contributed by atoms with E-state index in [-0.39, 0.29) is 6.61 Å². The summed E-state index contributed by atoms with van der Waals surface area (Å²) in [6, 6.07) is 0. The molecule has 20 nitrogen and oxygen atoms in total. The van der Waals surface area contributed by atoms with Crippen LogP contribution >= 0.6 is 0 Å². The minimum atomic E-state index is -5.40. The van der Waals surface area contributed by atoms with Crippen LogP contribution in [-0.4, -0.2) is 156 Å². The fourth-order valence-corrected chi connectivity index (χ4v) is 6.22. The normalized spacial score (nSPS) is 36.6. The van der Waals surface area contributed by atoms with Crippen molar-refractivity contribution in [2.45, 2.75) is 55.3 Å². The Kier molecular flexibility index (Phi) is 13.4. The predicted octanol–water partition coefficient (Wildman–Crippen LogP) is -4.67. The van der Waals surface area contributed by atoms with E-state index in [1.54, 1.807) is 0 Å². The molecule has 2 fully saturated rings. The van der Waals surface area contributed by atoms with E-state index in [0.717, 1.165) is 7.11 Å². The lowest BCUT2D eigenvalue weighted by Crippen LogP contribution is -2.65. The summed E-state index contributed by atoms with van der Waals surface area (Å²) in [5, 5.41) is 31.7. The van der Waals surface area contributed by atoms with E-state index in [1.165, 1.54) is 14.0 Å². The maximum absolute atomic E-state index is 11.3. The van der Waals surface area contributed by atoms with Gasteiger partial charge in [0, 0.05) is 26.1 Å². The first-order valence-electron chi connectivity index (χ1n) is 12.0. The monoisotopic (exact) mass is 677 g/mol. The van der Waals surface area contributed by atoms with Crippen LogP contribution in [0.2, 0.25) is 0 Å². The molecule has 2 heterocycles. The number of aliphatic hydroxyl groups excluding tert-OH is 3. The van der Waals surface area contributed by atoms with Gasteiger partial charge in [-0.15, -0.1) is 0 Å². The molecular weight excluding hydrogens is 644 g/mol. The smallest absolute Gasteiger partial charge is 0.218 e. The maximum Gasteiger partial charge on any atom is 0.218 e. The second-order valence-corrected chi connectivity index (χ2v) is 12.8. The summed E-state index contributed by atoms with van der Waals surface area (Å²) in [5.41, 5.74) is -1.88. The lowest BCUT2D eigenvalue weighted by molar-refractivity contribution is -0.267. The molecule has 0 saturated carbocycles. The van der Waals surface area contributed by atoms with Gasteiger partial charge in [-0.1, -0.05) is 0 Å². The van der Waals surface area contributed by atoms with Gasteiger partial charge in [0.05, 0.1) is 58.0 Å². The molecule has 0 aromatic heterocycles. The average Bonchev–Trinajstić information content (AvgIpc) is 2.85. The van der Waals surface area contributed by atoms with Gasteiger partial charge in [-0.05, 0) is 6.92 Å². The summed E-state index contributed by atoms with van der Waals surface area (Å²) in [6.45, 7) is -2.69. The lowest BCUT2D eigenvalue weighted by atomic mass is 9.80. The van der Waals surface area contributed by atoms with Crippen molar-refractivity contribution in [1.29, 1.82) is 0 Å². The fourth-order valence-electron chi connectivity index (χ4n) is 4.81. The van der Waals surface area contributed by atoms with Gasteiger partial charge in [0.25, 0.3) is 0 Å². The second kappa shape index (κ2) is 15.0. The van der Waals surface area contributed by atoms with Gasteiger partial charge in [0.1, 0.15) is 30.0 Å². The molecule has 42 heavy (non-hydrogen) atoms. The average molecular weight is 678 g/mol. The summed E-state index contributed by atoms with van der Waals surface area (Å²) in [6.07, 6.45) is -11.4. The molecule has 0 aromatic rings. The Morgan fingerprint density at radius 2 is 1.33 bits per heavy atom. The van der Waals surface area contributed by atoms with Gasteiger partial charge >= 0.3 is 0 Å². The topological polar surface area (TPSA) is 306 Å². The SMILES string of the molecule is COC[C@H]1OC(COS(=O)(=O)[O-])[C@H](COC[C@@H]2OC(C)(CO)[C@H](OS(=O)(=O)[O-])[C@@H](COC)C2O)[C@@H](O)C1OS(=O)(=O)[O-]. The molecule has 0 aromatic carbocycles. The van der Waals surface area contributed by atoms with Gasteiger partial charge < -0.3 is 52.7 Å². The van der Waals surface area contributed by atoms with E-state index >= 15 is 0 Å². The molecule has 2 aliphatic heterocycles. The summed E-state index contributed by atoms with van der Waals surface area (Å²) in [5.74, 6) is -2.67. The van der Waals surface area contributed by atoms with Crippen LogP contribution in [0.1, 0.15) is 6.92 Å². The molecule has 0 radical (unpaired) electrons. The molecule has 2 rings (SSSR count). The predicted molar refractivity (Wildman–Crippen MR) is 127 cm³/mol. The molecule has 2 aliphatic rings. The molecular formula is C19H33O20S3-3. The Morgan fingerprint density at radius 3 is 1.83 bits per heavy atom. The molecule has 0 amide bonds. The largest absolute Gasteiger partial charge is 0.726 e. The number of rotatable bonds is 16. The van der Waals surface area contributed by atoms with E-state index in [0.29, 0.717) is 0 Å². The van der Waals surface area contributed by atoms with Gasteiger partial charge in [-0.3, -0.25) is 12.5 Å². The van der Waals surface area contributed by atoms with Gasteiger partial charge in [-0.25, -0.2) is 25.3 Å². The zero-order valence-electron chi connectivity index (χ0n) is 22.4. The summed E-state index contributed by atoms with van der Waals surface area (Å²) >= 11 is 0. The van der Waals surface area contributed by atoms with Crippen molar-refractivity contribution < 1.29 is 90.5 Å². The molecule has 3 N–H and O–H groups in total. The molecule has 250 valence electrons. The molecule has 23 heteroatoms. The Labute approximate surface area is 242 Å². The van der Waals surface area contributed by atoms with Gasteiger partial charge in [0.15, 0.2) is 0 Å². The second-order valence-electron chi connectivity index (χ2n) is 9.68. The van der Waals surface area contributed by atoms with Crippen LogP contribution in [0.4, 0.5) is 0 Å². The van der Waals surface area contributed by atoms with Crippen molar-refractivity contribution in [3.8, 4) is 0 Å². The molecule has 10 atom stereocenters. The van der Waals surface area contributed by atoms with Crippen LogP contribution in [-0.2, 0) is 67.4 Å². The Bertz CT molecular complexity index is 1170. The van der Waals surface area contributed by atoms with Crippen molar-refractivity contribution in [2.75, 3.05) is 53.9 Å².